The molecule has 2 aromatic rings. The zero-order valence-electron chi connectivity index (χ0n) is 17.5. The van der Waals surface area contributed by atoms with Crippen molar-refractivity contribution < 1.29 is 14.3 Å². The van der Waals surface area contributed by atoms with Gasteiger partial charge in [-0.3, -0.25) is 9.69 Å². The van der Waals surface area contributed by atoms with E-state index in [1.54, 1.807) is 26.4 Å². The summed E-state index contributed by atoms with van der Waals surface area (Å²) >= 11 is 0. The van der Waals surface area contributed by atoms with Crippen molar-refractivity contribution in [3.63, 3.8) is 0 Å². The molecule has 5 nitrogen and oxygen atoms in total. The molecule has 0 unspecified atom stereocenters. The Kier molecular flexibility index (Phi) is 7.30. The molecular formula is C24H30N2O3. The third kappa shape index (κ3) is 6.09. The smallest absolute Gasteiger partial charge is 0.248 e. The highest BCUT2D eigenvalue weighted by Gasteiger charge is 2.15. The number of hydrogen-bond donors (Lipinski definition) is 1. The molecule has 0 radical (unpaired) electrons. The minimum absolute atomic E-state index is 0.180. The van der Waals surface area contributed by atoms with Crippen molar-refractivity contribution in [1.82, 2.24) is 4.90 Å². The molecule has 0 saturated carbocycles. The monoisotopic (exact) mass is 394 g/mol. The Morgan fingerprint density at radius 3 is 2.48 bits per heavy atom. The average molecular weight is 395 g/mol. The number of carbonyl (C=O) groups excluding carboxylic acids is 1. The van der Waals surface area contributed by atoms with E-state index in [1.165, 1.54) is 37.6 Å². The number of nitrogens with zero attached hydrogens (tertiary/aromatic N) is 1. The summed E-state index contributed by atoms with van der Waals surface area (Å²) in [4.78, 5) is 14.8. The first-order valence-electron chi connectivity index (χ1n) is 10.1. The van der Waals surface area contributed by atoms with E-state index in [0.717, 1.165) is 23.7 Å². The third-order valence-corrected chi connectivity index (χ3v) is 5.36. The molecule has 5 heteroatoms. The summed E-state index contributed by atoms with van der Waals surface area (Å²) in [6.45, 7) is 5.63. The largest absolute Gasteiger partial charge is 0.497 e. The Labute approximate surface area is 173 Å². The van der Waals surface area contributed by atoms with Gasteiger partial charge in [-0.05, 0) is 67.8 Å². The molecule has 1 saturated heterocycles. The van der Waals surface area contributed by atoms with E-state index in [2.05, 4.69) is 29.3 Å². The van der Waals surface area contributed by atoms with Crippen molar-refractivity contribution in [2.45, 2.75) is 26.3 Å². The van der Waals surface area contributed by atoms with Gasteiger partial charge in [-0.1, -0.05) is 19.1 Å². The van der Waals surface area contributed by atoms with E-state index in [4.69, 9.17) is 9.47 Å². The van der Waals surface area contributed by atoms with Gasteiger partial charge in [-0.2, -0.15) is 0 Å². The number of benzene rings is 2. The normalized spacial score (nSPS) is 15.4. The maximum Gasteiger partial charge on any atom is 0.248 e. The minimum atomic E-state index is -0.180. The lowest BCUT2D eigenvalue weighted by molar-refractivity contribution is -0.111. The number of nitrogens with one attached hydrogen (secondary N) is 1. The summed E-state index contributed by atoms with van der Waals surface area (Å²) in [6.07, 6.45) is 5.80. The molecule has 1 fully saturated rings. The van der Waals surface area contributed by atoms with Gasteiger partial charge in [0, 0.05) is 29.9 Å². The fourth-order valence-electron chi connectivity index (χ4n) is 3.48. The molecule has 0 atom stereocenters. The SMILES string of the molecule is COc1ccc(/C=C/C(=O)Nc2ccc(CN3CCC(C)CC3)cc2)c(OC)c1. The molecule has 1 aliphatic rings. The molecule has 0 aromatic heterocycles. The molecule has 1 amide bonds. The first-order chi connectivity index (χ1) is 14.1. The zero-order chi connectivity index (χ0) is 20.6. The number of anilines is 1. The molecule has 1 N–H and O–H groups in total. The van der Waals surface area contributed by atoms with Gasteiger partial charge in [0.1, 0.15) is 11.5 Å². The predicted octanol–water partition coefficient (Wildman–Crippen LogP) is 4.59. The van der Waals surface area contributed by atoms with Crippen molar-refractivity contribution >= 4 is 17.7 Å². The maximum absolute atomic E-state index is 12.3. The molecule has 29 heavy (non-hydrogen) atoms. The van der Waals surface area contributed by atoms with Crippen molar-refractivity contribution in [2.75, 3.05) is 32.6 Å². The van der Waals surface area contributed by atoms with Gasteiger partial charge >= 0.3 is 0 Å². The Morgan fingerprint density at radius 1 is 1.10 bits per heavy atom. The van der Waals surface area contributed by atoms with Crippen LogP contribution in [0, 0.1) is 5.92 Å². The summed E-state index contributed by atoms with van der Waals surface area (Å²) in [7, 11) is 3.20. The maximum atomic E-state index is 12.3. The van der Waals surface area contributed by atoms with Gasteiger partial charge in [0.05, 0.1) is 14.2 Å². The van der Waals surface area contributed by atoms with Gasteiger partial charge in [-0.25, -0.2) is 0 Å². The van der Waals surface area contributed by atoms with Crippen molar-refractivity contribution in [1.29, 1.82) is 0 Å². The van der Waals surface area contributed by atoms with Crippen LogP contribution >= 0.6 is 0 Å². The van der Waals surface area contributed by atoms with Gasteiger partial charge < -0.3 is 14.8 Å². The highest BCUT2D eigenvalue weighted by atomic mass is 16.5. The van der Waals surface area contributed by atoms with Crippen molar-refractivity contribution in [3.05, 3.63) is 59.7 Å². The summed E-state index contributed by atoms with van der Waals surface area (Å²) in [6, 6.07) is 13.6. The summed E-state index contributed by atoms with van der Waals surface area (Å²) in [5, 5.41) is 2.90. The number of amides is 1. The van der Waals surface area contributed by atoms with Crippen LogP contribution in [0.5, 0.6) is 11.5 Å². The van der Waals surface area contributed by atoms with Crippen LogP contribution in [0.15, 0.2) is 48.5 Å². The molecule has 2 aromatic carbocycles. The molecule has 0 spiro atoms. The zero-order valence-corrected chi connectivity index (χ0v) is 17.5. The minimum Gasteiger partial charge on any atom is -0.497 e. The topological polar surface area (TPSA) is 50.8 Å². The number of hydrogen-bond acceptors (Lipinski definition) is 4. The number of likely N-dealkylation sites (tertiary alicyclic amines) is 1. The Bertz CT molecular complexity index is 838. The lowest BCUT2D eigenvalue weighted by atomic mass is 9.99. The van der Waals surface area contributed by atoms with Gasteiger partial charge in [0.2, 0.25) is 5.91 Å². The molecule has 0 bridgehead atoms. The van der Waals surface area contributed by atoms with Gasteiger partial charge in [-0.15, -0.1) is 0 Å². The first kappa shape index (κ1) is 20.9. The highest BCUT2D eigenvalue weighted by molar-refractivity contribution is 6.02. The van der Waals surface area contributed by atoms with Crippen LogP contribution in [0.2, 0.25) is 0 Å². The lowest BCUT2D eigenvalue weighted by Crippen LogP contribution is -2.32. The Morgan fingerprint density at radius 2 is 1.83 bits per heavy atom. The quantitative estimate of drug-likeness (QED) is 0.698. The number of carbonyl (C=O) groups is 1. The fraction of sp³-hybridized carbons (Fsp3) is 0.375. The van der Waals surface area contributed by atoms with E-state index in [0.29, 0.717) is 11.5 Å². The van der Waals surface area contributed by atoms with Crippen LogP contribution in [-0.2, 0) is 11.3 Å². The van der Waals surface area contributed by atoms with Crippen LogP contribution in [0.25, 0.3) is 6.08 Å². The number of methoxy groups -OCH3 is 2. The highest BCUT2D eigenvalue weighted by Crippen LogP contribution is 2.25. The predicted molar refractivity (Wildman–Crippen MR) is 117 cm³/mol. The van der Waals surface area contributed by atoms with E-state index in [9.17, 15) is 4.79 Å². The first-order valence-corrected chi connectivity index (χ1v) is 10.1. The second kappa shape index (κ2) is 10.1. The third-order valence-electron chi connectivity index (χ3n) is 5.36. The van der Waals surface area contributed by atoms with Crippen LogP contribution in [0.3, 0.4) is 0 Å². The standard InChI is InChI=1S/C24H30N2O3/c1-18-12-14-26(15-13-18)17-19-4-8-21(9-5-19)25-24(27)11-7-20-6-10-22(28-2)16-23(20)29-3/h4-11,16,18H,12-15,17H2,1-3H3,(H,25,27)/b11-7+. The molecule has 154 valence electrons. The van der Waals surface area contributed by atoms with Gasteiger partial charge in [0.15, 0.2) is 0 Å². The second-order valence-electron chi connectivity index (χ2n) is 7.59. The molecule has 0 aliphatic carbocycles. The fourth-order valence-corrected chi connectivity index (χ4v) is 3.48. The van der Waals surface area contributed by atoms with Crippen molar-refractivity contribution in [3.8, 4) is 11.5 Å². The molecular weight excluding hydrogens is 364 g/mol. The lowest BCUT2D eigenvalue weighted by Gasteiger charge is -2.30. The number of ether oxygens (including phenoxy) is 2. The van der Waals surface area contributed by atoms with E-state index in [1.807, 2.05) is 24.3 Å². The number of rotatable bonds is 7. The Hall–Kier alpha value is -2.79. The summed E-state index contributed by atoms with van der Waals surface area (Å²) < 4.78 is 10.5. The van der Waals surface area contributed by atoms with Crippen LogP contribution in [0.4, 0.5) is 5.69 Å². The summed E-state index contributed by atoms with van der Waals surface area (Å²) in [5.74, 6) is 2.03. The molecule has 3 rings (SSSR count). The molecule has 1 heterocycles. The average Bonchev–Trinajstić information content (AvgIpc) is 2.75. The molecule has 1 aliphatic heterocycles. The van der Waals surface area contributed by atoms with Crippen molar-refractivity contribution in [2.24, 2.45) is 5.92 Å². The van der Waals surface area contributed by atoms with E-state index < -0.39 is 0 Å². The van der Waals surface area contributed by atoms with Crippen LogP contribution < -0.4 is 14.8 Å². The second-order valence-corrected chi connectivity index (χ2v) is 7.59. The Balaban J connectivity index is 1.54. The summed E-state index contributed by atoms with van der Waals surface area (Å²) in [5.41, 5.74) is 2.88. The van der Waals surface area contributed by atoms with Crippen LogP contribution in [0.1, 0.15) is 30.9 Å². The van der Waals surface area contributed by atoms with Gasteiger partial charge in [0.25, 0.3) is 0 Å². The number of piperidine rings is 1. The van der Waals surface area contributed by atoms with Crippen LogP contribution in [-0.4, -0.2) is 38.1 Å². The van der Waals surface area contributed by atoms with E-state index in [-0.39, 0.29) is 5.91 Å². The van der Waals surface area contributed by atoms with E-state index >= 15 is 0 Å².